The van der Waals surface area contributed by atoms with Crippen LogP contribution in [0.3, 0.4) is 0 Å². The number of hydrogen-bond acceptors (Lipinski definition) is 8. The molecule has 0 aliphatic heterocycles. The molecular formula is C24H19N3O3S3. The average molecular weight is 494 g/mol. The van der Waals surface area contributed by atoms with Crippen molar-refractivity contribution in [3.8, 4) is 27.6 Å². The minimum absolute atomic E-state index is 0.0450. The largest absolute Gasteiger partial charge is 0.491 e. The number of ether oxygens (including phenoxy) is 1. The summed E-state index contributed by atoms with van der Waals surface area (Å²) in [5.41, 5.74) is 9.63. The molecule has 1 unspecified atom stereocenters. The average Bonchev–Trinajstić information content (AvgIpc) is 3.51. The molecule has 166 valence electrons. The maximum absolute atomic E-state index is 13.3. The van der Waals surface area contributed by atoms with Crippen LogP contribution in [0.2, 0.25) is 0 Å². The van der Waals surface area contributed by atoms with Crippen LogP contribution in [0.1, 0.15) is 0 Å². The fraction of sp³-hybridized carbons (Fsp3) is 0.0833. The number of rotatable bonds is 7. The second kappa shape index (κ2) is 9.40. The lowest BCUT2D eigenvalue weighted by molar-refractivity contribution is 0.201. The summed E-state index contributed by atoms with van der Waals surface area (Å²) in [6, 6.07) is 18.9. The van der Waals surface area contributed by atoms with Gasteiger partial charge in [-0.05, 0) is 41.5 Å². The van der Waals surface area contributed by atoms with E-state index in [-0.39, 0.29) is 13.2 Å². The molecule has 5 rings (SSSR count). The number of nitrogens with zero attached hydrogens (tertiary/aromatic N) is 2. The number of aliphatic hydroxyl groups is 1. The second-order valence-electron chi connectivity index (χ2n) is 7.05. The predicted octanol–water partition coefficient (Wildman–Crippen LogP) is 5.21. The van der Waals surface area contributed by atoms with Gasteiger partial charge in [-0.15, -0.1) is 22.7 Å². The van der Waals surface area contributed by atoms with E-state index in [1.54, 1.807) is 6.20 Å². The molecule has 6 nitrogen and oxygen atoms in total. The first kappa shape index (κ1) is 21.7. The number of hydrogen-bond donors (Lipinski definition) is 2. The fourth-order valence-corrected chi connectivity index (χ4v) is 6.67. The van der Waals surface area contributed by atoms with Gasteiger partial charge in [0.2, 0.25) is 0 Å². The number of benzene rings is 2. The molecule has 0 radical (unpaired) electrons. The first-order valence-corrected chi connectivity index (χ1v) is 12.9. The van der Waals surface area contributed by atoms with Gasteiger partial charge in [-0.2, -0.15) is 0 Å². The first-order chi connectivity index (χ1) is 16.2. The first-order valence-electron chi connectivity index (χ1n) is 10.1. The summed E-state index contributed by atoms with van der Waals surface area (Å²) in [5.74, 6) is 0.669. The van der Waals surface area contributed by atoms with Gasteiger partial charge < -0.3 is 15.6 Å². The van der Waals surface area contributed by atoms with Gasteiger partial charge in [-0.1, -0.05) is 30.3 Å². The molecule has 3 aromatic heterocycles. The molecule has 0 amide bonds. The second-order valence-corrected chi connectivity index (χ2v) is 10.6. The minimum atomic E-state index is -1.41. The third-order valence-corrected chi connectivity index (χ3v) is 8.62. The Balaban J connectivity index is 1.68. The lowest BCUT2D eigenvalue weighted by atomic mass is 10.0. The van der Waals surface area contributed by atoms with Crippen molar-refractivity contribution in [3.05, 3.63) is 72.2 Å². The van der Waals surface area contributed by atoms with Gasteiger partial charge in [0.05, 0.1) is 23.1 Å². The highest BCUT2D eigenvalue weighted by atomic mass is 32.2. The number of aliphatic hydroxyl groups excluding tert-OH is 1. The topological polar surface area (TPSA) is 98.3 Å². The summed E-state index contributed by atoms with van der Waals surface area (Å²) < 4.78 is 19.4. The van der Waals surface area contributed by atoms with Crippen LogP contribution in [-0.4, -0.2) is 32.5 Å². The van der Waals surface area contributed by atoms with Crippen molar-refractivity contribution in [2.75, 3.05) is 18.9 Å². The minimum Gasteiger partial charge on any atom is -0.491 e. The molecule has 1 atom stereocenters. The predicted molar refractivity (Wildman–Crippen MR) is 134 cm³/mol. The van der Waals surface area contributed by atoms with Crippen LogP contribution in [0.15, 0.2) is 81.3 Å². The third kappa shape index (κ3) is 4.28. The molecule has 33 heavy (non-hydrogen) atoms. The Labute approximate surface area is 200 Å². The van der Waals surface area contributed by atoms with Crippen LogP contribution >= 0.6 is 22.7 Å². The summed E-state index contributed by atoms with van der Waals surface area (Å²) in [6.45, 7) is 0.190. The molecule has 5 aromatic rings. The summed E-state index contributed by atoms with van der Waals surface area (Å²) in [7, 11) is -1.41. The van der Waals surface area contributed by atoms with Crippen molar-refractivity contribution in [1.29, 1.82) is 0 Å². The van der Waals surface area contributed by atoms with Crippen LogP contribution in [0, 0.1) is 0 Å². The SMILES string of the molecule is Nc1c(S(=O)c2ccccc2)sc2nc(-c3nccs3)cc(-c3ccc(OCCO)cc3)c12. The van der Waals surface area contributed by atoms with Gasteiger partial charge in [0.25, 0.3) is 0 Å². The molecule has 0 saturated carbocycles. The van der Waals surface area contributed by atoms with E-state index in [0.29, 0.717) is 20.5 Å². The van der Waals surface area contributed by atoms with E-state index in [2.05, 4.69) is 4.98 Å². The van der Waals surface area contributed by atoms with E-state index in [1.165, 1.54) is 22.7 Å². The van der Waals surface area contributed by atoms with Gasteiger partial charge in [-0.25, -0.2) is 14.2 Å². The highest BCUT2D eigenvalue weighted by Gasteiger charge is 2.22. The standard InChI is InChI=1S/C24H19N3O3S3/c25-21-20-18(15-6-8-16(9-7-15)30-12-11-28)14-19(22-26-10-13-31-22)27-23(20)32-24(21)33(29)17-4-2-1-3-5-17/h1-10,13-14,28H,11-12,25H2. The summed E-state index contributed by atoms with van der Waals surface area (Å²) >= 11 is 2.86. The molecule has 3 heterocycles. The zero-order valence-electron chi connectivity index (χ0n) is 17.3. The number of pyridine rings is 1. The summed E-state index contributed by atoms with van der Waals surface area (Å²) in [4.78, 5) is 10.6. The fourth-order valence-electron chi connectivity index (χ4n) is 3.47. The number of thiophene rings is 1. The van der Waals surface area contributed by atoms with E-state index in [1.807, 2.05) is 66.0 Å². The quantitative estimate of drug-likeness (QED) is 0.323. The maximum atomic E-state index is 13.3. The third-order valence-electron chi connectivity index (χ3n) is 4.97. The van der Waals surface area contributed by atoms with Gasteiger partial charge in [0, 0.05) is 21.9 Å². The molecule has 0 fully saturated rings. The Hall–Kier alpha value is -3.11. The van der Waals surface area contributed by atoms with Crippen molar-refractivity contribution in [1.82, 2.24) is 9.97 Å². The van der Waals surface area contributed by atoms with Crippen LogP contribution in [0.5, 0.6) is 5.75 Å². The number of thiazole rings is 1. The van der Waals surface area contributed by atoms with E-state index < -0.39 is 10.8 Å². The Morgan fingerprint density at radius 2 is 1.88 bits per heavy atom. The maximum Gasteiger partial charge on any atom is 0.141 e. The molecule has 2 aromatic carbocycles. The Morgan fingerprint density at radius 3 is 2.58 bits per heavy atom. The zero-order valence-corrected chi connectivity index (χ0v) is 19.8. The Kier molecular flexibility index (Phi) is 6.19. The molecule has 0 spiro atoms. The van der Waals surface area contributed by atoms with Crippen molar-refractivity contribution < 1.29 is 14.1 Å². The number of nitrogens with two attached hydrogens (primary N) is 1. The zero-order chi connectivity index (χ0) is 22.8. The van der Waals surface area contributed by atoms with Crippen molar-refractivity contribution in [2.24, 2.45) is 0 Å². The Morgan fingerprint density at radius 1 is 1.09 bits per heavy atom. The lowest BCUT2D eigenvalue weighted by Crippen LogP contribution is -2.01. The van der Waals surface area contributed by atoms with Crippen LogP contribution in [0.4, 0.5) is 5.69 Å². The van der Waals surface area contributed by atoms with Crippen molar-refractivity contribution in [2.45, 2.75) is 9.10 Å². The van der Waals surface area contributed by atoms with Crippen LogP contribution in [0.25, 0.3) is 32.0 Å². The van der Waals surface area contributed by atoms with Crippen LogP contribution < -0.4 is 10.5 Å². The highest BCUT2D eigenvalue weighted by molar-refractivity contribution is 7.87. The van der Waals surface area contributed by atoms with Gasteiger partial charge >= 0.3 is 0 Å². The lowest BCUT2D eigenvalue weighted by Gasteiger charge is -2.09. The monoisotopic (exact) mass is 493 g/mol. The van der Waals surface area contributed by atoms with E-state index >= 15 is 0 Å². The molecule has 3 N–H and O–H groups in total. The normalized spacial score (nSPS) is 12.2. The number of nitrogen functional groups attached to an aromatic ring is 1. The van der Waals surface area contributed by atoms with E-state index in [4.69, 9.17) is 20.6 Å². The highest BCUT2D eigenvalue weighted by Crippen LogP contribution is 2.44. The number of fused-ring (bicyclic) bond motifs is 1. The number of anilines is 1. The number of aromatic nitrogens is 2. The summed E-state index contributed by atoms with van der Waals surface area (Å²) in [5, 5.41) is 12.5. The molecule has 0 bridgehead atoms. The van der Waals surface area contributed by atoms with Gasteiger partial charge in [0.15, 0.2) is 0 Å². The summed E-state index contributed by atoms with van der Waals surface area (Å²) in [6.07, 6.45) is 1.75. The van der Waals surface area contributed by atoms with Crippen molar-refractivity contribution in [3.63, 3.8) is 0 Å². The molecule has 0 saturated heterocycles. The van der Waals surface area contributed by atoms with E-state index in [0.717, 1.165) is 32.0 Å². The van der Waals surface area contributed by atoms with E-state index in [9.17, 15) is 4.21 Å². The molecular weight excluding hydrogens is 474 g/mol. The van der Waals surface area contributed by atoms with Gasteiger partial charge in [0.1, 0.15) is 32.1 Å². The smallest absolute Gasteiger partial charge is 0.141 e. The molecule has 0 aliphatic carbocycles. The molecule has 9 heteroatoms. The molecule has 0 aliphatic rings. The van der Waals surface area contributed by atoms with Gasteiger partial charge in [-0.3, -0.25) is 0 Å². The van der Waals surface area contributed by atoms with Crippen molar-refractivity contribution >= 4 is 49.4 Å². The van der Waals surface area contributed by atoms with Crippen LogP contribution in [-0.2, 0) is 10.8 Å². The Bertz CT molecular complexity index is 1420.